The van der Waals surface area contributed by atoms with Gasteiger partial charge in [0.2, 0.25) is 0 Å². The average Bonchev–Trinajstić information content (AvgIpc) is 2.41. The molecule has 3 heteroatoms. The van der Waals surface area contributed by atoms with E-state index < -0.39 is 0 Å². The zero-order valence-electron chi connectivity index (χ0n) is 8.68. The highest BCUT2D eigenvalue weighted by Gasteiger charge is 2.27. The van der Waals surface area contributed by atoms with E-state index in [0.717, 1.165) is 6.42 Å². The first-order valence-electron chi connectivity index (χ1n) is 5.16. The Labute approximate surface area is 89.1 Å². The standard InChI is InChI=1S/C12H14O3/c1-9-7-8-14-11-6-4-2-3-5-10(11)12(13)15-9/h2-6,9-10H,7-8H2,1H3/t9-,10+/m1/s1. The highest BCUT2D eigenvalue weighted by molar-refractivity contribution is 5.78. The molecule has 1 fully saturated rings. The van der Waals surface area contributed by atoms with E-state index >= 15 is 0 Å². The molecule has 0 amide bonds. The van der Waals surface area contributed by atoms with Gasteiger partial charge in [0.05, 0.1) is 6.61 Å². The molecular weight excluding hydrogens is 192 g/mol. The summed E-state index contributed by atoms with van der Waals surface area (Å²) in [5.41, 5.74) is 0. The number of fused-ring (bicyclic) bond motifs is 1. The number of esters is 1. The van der Waals surface area contributed by atoms with Crippen LogP contribution in [0.5, 0.6) is 0 Å². The number of cyclic esters (lactones) is 1. The number of carbonyl (C=O) groups excluding carboxylic acids is 1. The van der Waals surface area contributed by atoms with Gasteiger partial charge in [-0.2, -0.15) is 0 Å². The Hall–Kier alpha value is -1.51. The second-order valence-electron chi connectivity index (χ2n) is 3.70. The van der Waals surface area contributed by atoms with Gasteiger partial charge in [0, 0.05) is 6.42 Å². The van der Waals surface area contributed by atoms with Gasteiger partial charge in [-0.1, -0.05) is 24.3 Å². The van der Waals surface area contributed by atoms with Crippen molar-refractivity contribution in [2.24, 2.45) is 5.92 Å². The topological polar surface area (TPSA) is 35.5 Å². The van der Waals surface area contributed by atoms with Crippen LogP contribution in [0.4, 0.5) is 0 Å². The normalized spacial score (nSPS) is 30.2. The van der Waals surface area contributed by atoms with Crippen molar-refractivity contribution in [3.05, 3.63) is 36.1 Å². The van der Waals surface area contributed by atoms with Crippen LogP contribution in [0.1, 0.15) is 13.3 Å². The number of hydrogen-bond donors (Lipinski definition) is 0. The second-order valence-corrected chi connectivity index (χ2v) is 3.70. The maximum atomic E-state index is 11.7. The van der Waals surface area contributed by atoms with Crippen molar-refractivity contribution in [3.63, 3.8) is 0 Å². The van der Waals surface area contributed by atoms with E-state index in [0.29, 0.717) is 12.4 Å². The molecule has 0 N–H and O–H groups in total. The van der Waals surface area contributed by atoms with Gasteiger partial charge in [-0.15, -0.1) is 0 Å². The van der Waals surface area contributed by atoms with Crippen molar-refractivity contribution in [2.45, 2.75) is 19.4 Å². The third-order valence-corrected chi connectivity index (χ3v) is 2.46. The Bertz CT molecular complexity index is 339. The Morgan fingerprint density at radius 3 is 3.07 bits per heavy atom. The Morgan fingerprint density at radius 1 is 1.33 bits per heavy atom. The zero-order valence-corrected chi connectivity index (χ0v) is 8.68. The SMILES string of the molecule is C[C@@H]1CCOC2=CC=CC=C[C@@H]2C(=O)O1. The molecule has 0 radical (unpaired) electrons. The molecule has 3 nitrogen and oxygen atoms in total. The first-order chi connectivity index (χ1) is 7.27. The van der Waals surface area contributed by atoms with E-state index in [1.165, 1.54) is 0 Å². The van der Waals surface area contributed by atoms with Crippen LogP contribution in [-0.4, -0.2) is 18.7 Å². The molecule has 0 spiro atoms. The predicted molar refractivity (Wildman–Crippen MR) is 56.0 cm³/mol. The van der Waals surface area contributed by atoms with E-state index in [4.69, 9.17) is 9.47 Å². The van der Waals surface area contributed by atoms with Crippen LogP contribution in [0, 0.1) is 5.92 Å². The molecule has 1 saturated heterocycles. The van der Waals surface area contributed by atoms with Gasteiger partial charge < -0.3 is 9.47 Å². The number of ether oxygens (including phenoxy) is 2. The fourth-order valence-corrected chi connectivity index (χ4v) is 1.59. The average molecular weight is 206 g/mol. The van der Waals surface area contributed by atoms with Crippen LogP contribution in [-0.2, 0) is 14.3 Å². The van der Waals surface area contributed by atoms with E-state index in [2.05, 4.69) is 0 Å². The molecule has 0 bridgehead atoms. The maximum Gasteiger partial charge on any atom is 0.320 e. The van der Waals surface area contributed by atoms with Crippen molar-refractivity contribution in [1.82, 2.24) is 0 Å². The van der Waals surface area contributed by atoms with Crippen molar-refractivity contribution in [3.8, 4) is 0 Å². The fourth-order valence-electron chi connectivity index (χ4n) is 1.59. The lowest BCUT2D eigenvalue weighted by molar-refractivity contribution is -0.154. The molecule has 0 aromatic rings. The lowest BCUT2D eigenvalue weighted by atomic mass is 10.1. The summed E-state index contributed by atoms with van der Waals surface area (Å²) in [7, 11) is 0. The van der Waals surface area contributed by atoms with Crippen molar-refractivity contribution in [1.29, 1.82) is 0 Å². The maximum absolute atomic E-state index is 11.7. The van der Waals surface area contributed by atoms with E-state index in [-0.39, 0.29) is 18.0 Å². The summed E-state index contributed by atoms with van der Waals surface area (Å²) < 4.78 is 10.8. The van der Waals surface area contributed by atoms with Crippen LogP contribution in [0.25, 0.3) is 0 Å². The van der Waals surface area contributed by atoms with Crippen LogP contribution in [0.15, 0.2) is 36.1 Å². The highest BCUT2D eigenvalue weighted by Crippen LogP contribution is 2.22. The third-order valence-electron chi connectivity index (χ3n) is 2.46. The molecule has 15 heavy (non-hydrogen) atoms. The van der Waals surface area contributed by atoms with Crippen LogP contribution >= 0.6 is 0 Å². The van der Waals surface area contributed by atoms with Crippen molar-refractivity contribution < 1.29 is 14.3 Å². The molecule has 2 rings (SSSR count). The number of allylic oxidation sites excluding steroid dienone is 4. The molecule has 2 atom stereocenters. The molecule has 0 saturated carbocycles. The monoisotopic (exact) mass is 206 g/mol. The molecular formula is C12H14O3. The summed E-state index contributed by atoms with van der Waals surface area (Å²) in [4.78, 5) is 11.7. The Morgan fingerprint density at radius 2 is 2.20 bits per heavy atom. The largest absolute Gasteiger partial charge is 0.497 e. The van der Waals surface area contributed by atoms with E-state index in [9.17, 15) is 4.79 Å². The molecule has 80 valence electrons. The van der Waals surface area contributed by atoms with Crippen molar-refractivity contribution >= 4 is 5.97 Å². The van der Waals surface area contributed by atoms with Gasteiger partial charge in [0.25, 0.3) is 0 Å². The fraction of sp³-hybridized carbons (Fsp3) is 0.417. The number of rotatable bonds is 0. The summed E-state index contributed by atoms with van der Waals surface area (Å²) in [5.74, 6) is 0.0630. The molecule has 0 unspecified atom stereocenters. The summed E-state index contributed by atoms with van der Waals surface area (Å²) >= 11 is 0. The Kier molecular flexibility index (Phi) is 2.90. The smallest absolute Gasteiger partial charge is 0.320 e. The molecule has 1 aliphatic carbocycles. The van der Waals surface area contributed by atoms with E-state index in [1.807, 2.05) is 31.2 Å². The number of hydrogen-bond acceptors (Lipinski definition) is 3. The van der Waals surface area contributed by atoms with Gasteiger partial charge >= 0.3 is 5.97 Å². The van der Waals surface area contributed by atoms with Gasteiger partial charge in [0.1, 0.15) is 17.8 Å². The highest BCUT2D eigenvalue weighted by atomic mass is 16.6. The molecule has 0 aromatic heterocycles. The second kappa shape index (κ2) is 4.34. The van der Waals surface area contributed by atoms with Gasteiger partial charge in [0.15, 0.2) is 0 Å². The Balaban J connectivity index is 2.23. The molecule has 1 aliphatic heterocycles. The lowest BCUT2D eigenvalue weighted by Gasteiger charge is -2.23. The van der Waals surface area contributed by atoms with Crippen LogP contribution in [0.2, 0.25) is 0 Å². The molecule has 0 aromatic carbocycles. The van der Waals surface area contributed by atoms with E-state index in [1.54, 1.807) is 6.08 Å². The first-order valence-corrected chi connectivity index (χ1v) is 5.16. The number of carbonyl (C=O) groups is 1. The predicted octanol–water partition coefficient (Wildman–Crippen LogP) is 1.96. The summed E-state index contributed by atoms with van der Waals surface area (Å²) in [6.07, 6.45) is 9.87. The summed E-state index contributed by atoms with van der Waals surface area (Å²) in [6, 6.07) is 0. The summed E-state index contributed by atoms with van der Waals surface area (Å²) in [6.45, 7) is 2.48. The van der Waals surface area contributed by atoms with Crippen LogP contribution < -0.4 is 0 Å². The van der Waals surface area contributed by atoms with Crippen LogP contribution in [0.3, 0.4) is 0 Å². The minimum atomic E-state index is -0.386. The lowest BCUT2D eigenvalue weighted by Crippen LogP contribution is -2.27. The molecule has 2 aliphatic rings. The third kappa shape index (κ3) is 2.29. The quantitative estimate of drug-likeness (QED) is 0.568. The van der Waals surface area contributed by atoms with Crippen molar-refractivity contribution in [2.75, 3.05) is 6.61 Å². The minimum Gasteiger partial charge on any atom is -0.497 e. The first kappa shape index (κ1) is 10.0. The zero-order chi connectivity index (χ0) is 10.7. The van der Waals surface area contributed by atoms with Gasteiger partial charge in [-0.25, -0.2) is 0 Å². The summed E-state index contributed by atoms with van der Waals surface area (Å²) in [5, 5.41) is 0. The van der Waals surface area contributed by atoms with Gasteiger partial charge in [-0.3, -0.25) is 4.79 Å². The molecule has 1 heterocycles. The van der Waals surface area contributed by atoms with Gasteiger partial charge in [-0.05, 0) is 13.0 Å². The minimum absolute atomic E-state index is 0.0661.